The summed E-state index contributed by atoms with van der Waals surface area (Å²) in [7, 11) is 0. The zero-order valence-electron chi connectivity index (χ0n) is 9.11. The third-order valence-corrected chi connectivity index (χ3v) is 3.62. The lowest BCUT2D eigenvalue weighted by atomic mass is 10.1. The smallest absolute Gasteiger partial charge is 0.137 e. The largest absolute Gasteiger partial charge is 0.330 e. The van der Waals surface area contributed by atoms with Crippen molar-refractivity contribution < 1.29 is 4.79 Å². The van der Waals surface area contributed by atoms with Crippen LogP contribution in [0.3, 0.4) is 0 Å². The van der Waals surface area contributed by atoms with Crippen molar-refractivity contribution in [1.82, 2.24) is 0 Å². The molecule has 0 amide bonds. The number of nitrogens with two attached hydrogens (primary N) is 1. The first-order chi connectivity index (χ1) is 7.81. The molecule has 2 nitrogen and oxygen atoms in total. The van der Waals surface area contributed by atoms with Crippen molar-refractivity contribution in [1.29, 1.82) is 0 Å². The summed E-state index contributed by atoms with van der Waals surface area (Å²) in [5.41, 5.74) is 6.55. The van der Waals surface area contributed by atoms with Gasteiger partial charge in [-0.25, -0.2) is 0 Å². The van der Waals surface area contributed by atoms with Gasteiger partial charge in [-0.2, -0.15) is 0 Å². The average Bonchev–Trinajstić information content (AvgIpc) is 2.70. The van der Waals surface area contributed by atoms with Crippen molar-refractivity contribution in [2.24, 2.45) is 5.73 Å². The molecule has 0 aliphatic carbocycles. The SMILES string of the molecule is NCCCC(=O)Cc1csc2ccccc12. The highest BCUT2D eigenvalue weighted by Crippen LogP contribution is 2.26. The van der Waals surface area contributed by atoms with Crippen LogP contribution in [0.25, 0.3) is 10.1 Å². The Kier molecular flexibility index (Phi) is 3.70. The molecular formula is C13H15NOS. The maximum absolute atomic E-state index is 11.7. The van der Waals surface area contributed by atoms with E-state index in [9.17, 15) is 4.79 Å². The molecule has 0 saturated carbocycles. The van der Waals surface area contributed by atoms with Gasteiger partial charge in [0.1, 0.15) is 5.78 Å². The van der Waals surface area contributed by atoms with Crippen LogP contribution in [0.2, 0.25) is 0 Å². The first kappa shape index (κ1) is 11.3. The number of rotatable bonds is 5. The van der Waals surface area contributed by atoms with Gasteiger partial charge in [-0.15, -0.1) is 11.3 Å². The molecule has 1 heterocycles. The number of hydrogen-bond acceptors (Lipinski definition) is 3. The number of benzene rings is 1. The Balaban J connectivity index is 2.12. The number of fused-ring (bicyclic) bond motifs is 1. The van der Waals surface area contributed by atoms with Gasteiger partial charge in [-0.05, 0) is 35.4 Å². The molecular weight excluding hydrogens is 218 g/mol. The van der Waals surface area contributed by atoms with Crippen LogP contribution in [0.4, 0.5) is 0 Å². The predicted molar refractivity (Wildman–Crippen MR) is 68.8 cm³/mol. The summed E-state index contributed by atoms with van der Waals surface area (Å²) >= 11 is 1.70. The molecule has 0 aliphatic heterocycles. The zero-order valence-corrected chi connectivity index (χ0v) is 9.93. The number of carbonyl (C=O) groups is 1. The van der Waals surface area contributed by atoms with Gasteiger partial charge in [0, 0.05) is 17.5 Å². The molecule has 84 valence electrons. The summed E-state index contributed by atoms with van der Waals surface area (Å²) in [4.78, 5) is 11.7. The van der Waals surface area contributed by atoms with Crippen LogP contribution < -0.4 is 5.73 Å². The number of thiophene rings is 1. The predicted octanol–water partition coefficient (Wildman–Crippen LogP) is 2.75. The monoisotopic (exact) mass is 233 g/mol. The average molecular weight is 233 g/mol. The van der Waals surface area contributed by atoms with E-state index < -0.39 is 0 Å². The van der Waals surface area contributed by atoms with Gasteiger partial charge in [0.2, 0.25) is 0 Å². The summed E-state index contributed by atoms with van der Waals surface area (Å²) in [5.74, 6) is 0.286. The zero-order chi connectivity index (χ0) is 11.4. The molecule has 0 radical (unpaired) electrons. The number of carbonyl (C=O) groups excluding carboxylic acids is 1. The van der Waals surface area contributed by atoms with Crippen LogP contribution in [0.15, 0.2) is 29.6 Å². The molecule has 1 aromatic carbocycles. The van der Waals surface area contributed by atoms with Crippen molar-refractivity contribution in [3.8, 4) is 0 Å². The first-order valence-electron chi connectivity index (χ1n) is 5.48. The Labute approximate surface area is 99.1 Å². The number of hydrogen-bond donors (Lipinski definition) is 1. The minimum atomic E-state index is 0.286. The van der Waals surface area contributed by atoms with E-state index in [1.165, 1.54) is 10.1 Å². The van der Waals surface area contributed by atoms with Crippen LogP contribution in [0.1, 0.15) is 18.4 Å². The molecule has 2 aromatic rings. The summed E-state index contributed by atoms with van der Waals surface area (Å²) in [6.07, 6.45) is 1.94. The summed E-state index contributed by atoms with van der Waals surface area (Å²) < 4.78 is 1.25. The molecule has 16 heavy (non-hydrogen) atoms. The molecule has 1 aromatic heterocycles. The van der Waals surface area contributed by atoms with E-state index in [1.54, 1.807) is 11.3 Å². The molecule has 2 rings (SSSR count). The fourth-order valence-electron chi connectivity index (χ4n) is 1.77. The van der Waals surface area contributed by atoms with Gasteiger partial charge < -0.3 is 5.73 Å². The Morgan fingerprint density at radius 1 is 1.31 bits per heavy atom. The minimum absolute atomic E-state index is 0.286. The highest BCUT2D eigenvalue weighted by Gasteiger charge is 2.08. The number of Topliss-reactive ketones (excluding diaryl/α,β-unsaturated/α-hetero) is 1. The third kappa shape index (κ3) is 2.49. The van der Waals surface area contributed by atoms with E-state index in [-0.39, 0.29) is 5.78 Å². The summed E-state index contributed by atoms with van der Waals surface area (Å²) in [5, 5.41) is 3.30. The fourth-order valence-corrected chi connectivity index (χ4v) is 2.73. The molecule has 0 fully saturated rings. The van der Waals surface area contributed by atoms with Crippen molar-refractivity contribution in [3.05, 3.63) is 35.2 Å². The molecule has 3 heteroatoms. The van der Waals surface area contributed by atoms with Gasteiger partial charge >= 0.3 is 0 Å². The van der Waals surface area contributed by atoms with E-state index in [2.05, 4.69) is 17.5 Å². The first-order valence-corrected chi connectivity index (χ1v) is 6.36. The van der Waals surface area contributed by atoms with Gasteiger partial charge in [0.05, 0.1) is 0 Å². The lowest BCUT2D eigenvalue weighted by Gasteiger charge is -1.99. The Bertz CT molecular complexity index is 489. The fraction of sp³-hybridized carbons (Fsp3) is 0.308. The Morgan fingerprint density at radius 3 is 2.94 bits per heavy atom. The van der Waals surface area contributed by atoms with Crippen LogP contribution in [0.5, 0.6) is 0 Å². The minimum Gasteiger partial charge on any atom is -0.330 e. The van der Waals surface area contributed by atoms with Crippen molar-refractivity contribution in [3.63, 3.8) is 0 Å². The van der Waals surface area contributed by atoms with Crippen LogP contribution >= 0.6 is 11.3 Å². The van der Waals surface area contributed by atoms with Gasteiger partial charge in [0.25, 0.3) is 0 Å². The summed E-state index contributed by atoms with van der Waals surface area (Å²) in [6, 6.07) is 8.22. The molecule has 0 bridgehead atoms. The van der Waals surface area contributed by atoms with Crippen molar-refractivity contribution in [2.75, 3.05) is 6.54 Å². The second kappa shape index (κ2) is 5.23. The molecule has 0 atom stereocenters. The highest BCUT2D eigenvalue weighted by atomic mass is 32.1. The van der Waals surface area contributed by atoms with Crippen LogP contribution in [-0.4, -0.2) is 12.3 Å². The van der Waals surface area contributed by atoms with Gasteiger partial charge in [-0.3, -0.25) is 4.79 Å². The van der Waals surface area contributed by atoms with E-state index >= 15 is 0 Å². The van der Waals surface area contributed by atoms with Gasteiger partial charge in [-0.1, -0.05) is 18.2 Å². The molecule has 0 unspecified atom stereocenters. The molecule has 0 aliphatic rings. The maximum Gasteiger partial charge on any atom is 0.137 e. The Hall–Kier alpha value is -1.19. The lowest BCUT2D eigenvalue weighted by Crippen LogP contribution is -2.06. The number of ketones is 1. The molecule has 0 saturated heterocycles. The standard InChI is InChI=1S/C13H15NOS/c14-7-3-4-11(15)8-10-9-16-13-6-2-1-5-12(10)13/h1-2,5-6,9H,3-4,7-8,14H2. The maximum atomic E-state index is 11.7. The van der Waals surface area contributed by atoms with Crippen LogP contribution in [0, 0.1) is 0 Å². The summed E-state index contributed by atoms with van der Waals surface area (Å²) in [6.45, 7) is 0.593. The highest BCUT2D eigenvalue weighted by molar-refractivity contribution is 7.17. The molecule has 2 N–H and O–H groups in total. The topological polar surface area (TPSA) is 43.1 Å². The second-order valence-corrected chi connectivity index (χ2v) is 4.78. The second-order valence-electron chi connectivity index (χ2n) is 3.86. The normalized spacial score (nSPS) is 10.8. The van der Waals surface area contributed by atoms with Gasteiger partial charge in [0.15, 0.2) is 0 Å². The van der Waals surface area contributed by atoms with E-state index in [1.807, 2.05) is 12.1 Å². The van der Waals surface area contributed by atoms with E-state index in [0.29, 0.717) is 19.4 Å². The van der Waals surface area contributed by atoms with Crippen molar-refractivity contribution in [2.45, 2.75) is 19.3 Å². The lowest BCUT2D eigenvalue weighted by molar-refractivity contribution is -0.118. The third-order valence-electron chi connectivity index (χ3n) is 2.61. The van der Waals surface area contributed by atoms with E-state index in [4.69, 9.17) is 5.73 Å². The molecule has 0 spiro atoms. The van der Waals surface area contributed by atoms with E-state index in [0.717, 1.165) is 12.0 Å². The van der Waals surface area contributed by atoms with Crippen molar-refractivity contribution >= 4 is 27.2 Å². The Morgan fingerprint density at radius 2 is 2.12 bits per heavy atom. The quantitative estimate of drug-likeness (QED) is 0.863. The van der Waals surface area contributed by atoms with Crippen LogP contribution in [-0.2, 0) is 11.2 Å².